The number of hydrogen-bond donors (Lipinski definition) is 1. The zero-order valence-electron chi connectivity index (χ0n) is 23.9. The van der Waals surface area contributed by atoms with Crippen molar-refractivity contribution in [2.75, 3.05) is 7.11 Å². The van der Waals surface area contributed by atoms with Crippen molar-refractivity contribution in [1.82, 2.24) is 0 Å². The lowest BCUT2D eigenvalue weighted by Crippen LogP contribution is -2.66. The predicted molar refractivity (Wildman–Crippen MR) is 139 cm³/mol. The first-order valence-electron chi connectivity index (χ1n) is 14.4. The molecule has 0 bridgehead atoms. The maximum Gasteiger partial charge on any atom is 0.334 e. The van der Waals surface area contributed by atoms with Crippen LogP contribution in [0.1, 0.15) is 126 Å². The summed E-state index contributed by atoms with van der Waals surface area (Å²) >= 11 is 0. The van der Waals surface area contributed by atoms with E-state index >= 15 is 0 Å². The van der Waals surface area contributed by atoms with E-state index in [4.69, 9.17) is 4.74 Å². The SMILES string of the molecule is CCC1(C)CCC2C(C)(CCC3(C)C4CC(C)(C)CCC4(C)CCC23C)C1CC(O)C(=O)OC. The summed E-state index contributed by atoms with van der Waals surface area (Å²) in [6.45, 7) is 20.3. The van der Waals surface area contributed by atoms with Crippen molar-refractivity contribution in [3.05, 3.63) is 0 Å². The number of carbonyl (C=O) groups is 1. The number of methoxy groups -OCH3 is 1. The topological polar surface area (TPSA) is 46.5 Å². The van der Waals surface area contributed by atoms with Gasteiger partial charge in [-0.1, -0.05) is 61.8 Å². The minimum atomic E-state index is -1.01. The van der Waals surface area contributed by atoms with E-state index in [1.807, 2.05) is 0 Å². The number of ether oxygens (including phenoxy) is 1. The second-order valence-electron chi connectivity index (χ2n) is 15.3. The Morgan fingerprint density at radius 1 is 0.882 bits per heavy atom. The molecule has 0 aromatic carbocycles. The standard InChI is InChI=1S/C31H54O3/c1-10-27(4)12-11-22-29(6,23(27)19-21(32)25(33)34-9)16-18-31(8)24-20-26(2,3)13-14-28(24,5)15-17-30(22,31)7/h21-24,32H,10-20H2,1-9H3. The molecule has 4 rings (SSSR count). The molecule has 4 aliphatic carbocycles. The number of rotatable bonds is 4. The number of aliphatic hydroxyl groups excluding tert-OH is 1. The van der Waals surface area contributed by atoms with E-state index in [1.165, 1.54) is 64.9 Å². The van der Waals surface area contributed by atoms with Gasteiger partial charge in [0.15, 0.2) is 6.10 Å². The number of fused-ring (bicyclic) bond motifs is 5. The van der Waals surface area contributed by atoms with Gasteiger partial charge in [0, 0.05) is 0 Å². The van der Waals surface area contributed by atoms with Crippen molar-refractivity contribution >= 4 is 5.97 Å². The highest BCUT2D eigenvalue weighted by atomic mass is 16.5. The normalized spacial score (nSPS) is 50.9. The minimum Gasteiger partial charge on any atom is -0.467 e. The monoisotopic (exact) mass is 474 g/mol. The van der Waals surface area contributed by atoms with Crippen LogP contribution in [-0.2, 0) is 9.53 Å². The van der Waals surface area contributed by atoms with E-state index in [0.717, 1.165) is 12.3 Å². The number of hydrogen-bond acceptors (Lipinski definition) is 3. The molecular weight excluding hydrogens is 420 g/mol. The molecule has 4 saturated carbocycles. The summed E-state index contributed by atoms with van der Waals surface area (Å²) in [5.74, 6) is 1.33. The van der Waals surface area contributed by atoms with Gasteiger partial charge >= 0.3 is 5.97 Å². The fraction of sp³-hybridized carbons (Fsp3) is 0.968. The van der Waals surface area contributed by atoms with Crippen molar-refractivity contribution in [2.45, 2.75) is 132 Å². The van der Waals surface area contributed by atoms with Gasteiger partial charge in [0.05, 0.1) is 7.11 Å². The van der Waals surface area contributed by atoms with Crippen LogP contribution in [-0.4, -0.2) is 24.3 Å². The van der Waals surface area contributed by atoms with Crippen LogP contribution in [0, 0.1) is 50.2 Å². The molecule has 4 aliphatic rings. The van der Waals surface area contributed by atoms with Crippen molar-refractivity contribution < 1.29 is 14.6 Å². The van der Waals surface area contributed by atoms with Crippen LogP contribution in [0.4, 0.5) is 0 Å². The smallest absolute Gasteiger partial charge is 0.334 e. The van der Waals surface area contributed by atoms with Gasteiger partial charge in [-0.2, -0.15) is 0 Å². The molecule has 0 aromatic heterocycles. The summed E-state index contributed by atoms with van der Waals surface area (Å²) < 4.78 is 4.95. The molecule has 9 atom stereocenters. The average Bonchev–Trinajstić information content (AvgIpc) is 2.78. The average molecular weight is 475 g/mol. The first-order chi connectivity index (χ1) is 15.6. The van der Waals surface area contributed by atoms with Crippen LogP contribution in [0.15, 0.2) is 0 Å². The molecule has 9 unspecified atom stereocenters. The molecule has 3 heteroatoms. The van der Waals surface area contributed by atoms with E-state index in [2.05, 4.69) is 55.4 Å². The lowest BCUT2D eigenvalue weighted by Gasteiger charge is -2.74. The van der Waals surface area contributed by atoms with E-state index in [9.17, 15) is 9.90 Å². The quantitative estimate of drug-likeness (QED) is 0.423. The zero-order valence-corrected chi connectivity index (χ0v) is 23.9. The fourth-order valence-corrected chi connectivity index (χ4v) is 10.6. The Morgan fingerprint density at radius 3 is 2.09 bits per heavy atom. The van der Waals surface area contributed by atoms with Crippen LogP contribution >= 0.6 is 0 Å². The van der Waals surface area contributed by atoms with Crippen LogP contribution in [0.25, 0.3) is 0 Å². The third-order valence-electron chi connectivity index (χ3n) is 13.4. The number of aliphatic hydroxyl groups is 1. The Bertz CT molecular complexity index is 804. The lowest BCUT2D eigenvalue weighted by atomic mass is 9.31. The van der Waals surface area contributed by atoms with Gasteiger partial charge in [0.2, 0.25) is 0 Å². The van der Waals surface area contributed by atoms with Crippen LogP contribution < -0.4 is 0 Å². The minimum absolute atomic E-state index is 0.157. The Kier molecular flexibility index (Phi) is 6.40. The van der Waals surface area contributed by atoms with Crippen molar-refractivity contribution in [2.24, 2.45) is 50.2 Å². The van der Waals surface area contributed by atoms with Gasteiger partial charge in [-0.25, -0.2) is 4.79 Å². The predicted octanol–water partition coefficient (Wildman–Crippen LogP) is 7.79. The van der Waals surface area contributed by atoms with Crippen molar-refractivity contribution in [1.29, 1.82) is 0 Å². The van der Waals surface area contributed by atoms with Crippen molar-refractivity contribution in [3.63, 3.8) is 0 Å². The maximum atomic E-state index is 12.3. The summed E-state index contributed by atoms with van der Waals surface area (Å²) in [6.07, 6.45) is 12.5. The van der Waals surface area contributed by atoms with Crippen molar-refractivity contribution in [3.8, 4) is 0 Å². The first kappa shape index (κ1) is 26.5. The summed E-state index contributed by atoms with van der Waals surface area (Å²) in [4.78, 5) is 12.3. The fourth-order valence-electron chi connectivity index (χ4n) is 10.6. The van der Waals surface area contributed by atoms with Gasteiger partial charge in [0.25, 0.3) is 0 Å². The lowest BCUT2D eigenvalue weighted by molar-refractivity contribution is -0.253. The van der Waals surface area contributed by atoms with E-state index in [-0.39, 0.29) is 10.8 Å². The zero-order chi connectivity index (χ0) is 25.4. The molecular formula is C31H54O3. The van der Waals surface area contributed by atoms with E-state index < -0.39 is 12.1 Å². The molecule has 0 saturated heterocycles. The molecule has 4 fully saturated rings. The maximum absolute atomic E-state index is 12.3. The molecule has 1 N–H and O–H groups in total. The largest absolute Gasteiger partial charge is 0.467 e. The third kappa shape index (κ3) is 3.64. The second kappa shape index (κ2) is 8.22. The highest BCUT2D eigenvalue weighted by molar-refractivity contribution is 5.74. The summed E-state index contributed by atoms with van der Waals surface area (Å²) in [5.41, 5.74) is 1.95. The molecule has 0 radical (unpaired) electrons. The van der Waals surface area contributed by atoms with Gasteiger partial charge in [0.1, 0.15) is 0 Å². The molecule has 3 nitrogen and oxygen atoms in total. The number of carbonyl (C=O) groups excluding carboxylic acids is 1. The van der Waals surface area contributed by atoms with E-state index in [1.54, 1.807) is 0 Å². The molecule has 34 heavy (non-hydrogen) atoms. The Balaban J connectivity index is 1.74. The molecule has 0 heterocycles. The van der Waals surface area contributed by atoms with Gasteiger partial charge in [-0.05, 0) is 114 Å². The number of esters is 1. The van der Waals surface area contributed by atoms with Gasteiger partial charge in [-0.3, -0.25) is 0 Å². The third-order valence-corrected chi connectivity index (χ3v) is 13.4. The highest BCUT2D eigenvalue weighted by Gasteiger charge is 2.69. The Morgan fingerprint density at radius 2 is 1.47 bits per heavy atom. The second-order valence-corrected chi connectivity index (χ2v) is 15.3. The molecule has 196 valence electrons. The van der Waals surface area contributed by atoms with E-state index in [0.29, 0.717) is 39.9 Å². The van der Waals surface area contributed by atoms with Crippen LogP contribution in [0.2, 0.25) is 0 Å². The first-order valence-corrected chi connectivity index (χ1v) is 14.4. The van der Waals surface area contributed by atoms with Crippen LogP contribution in [0.3, 0.4) is 0 Å². The van der Waals surface area contributed by atoms with Gasteiger partial charge < -0.3 is 9.84 Å². The molecule has 0 aliphatic heterocycles. The van der Waals surface area contributed by atoms with Crippen LogP contribution in [0.5, 0.6) is 0 Å². The highest BCUT2D eigenvalue weighted by Crippen LogP contribution is 2.77. The summed E-state index contributed by atoms with van der Waals surface area (Å²) in [6, 6.07) is 0. The molecule has 0 aromatic rings. The van der Waals surface area contributed by atoms with Gasteiger partial charge in [-0.15, -0.1) is 0 Å². The Hall–Kier alpha value is -0.570. The molecule has 0 spiro atoms. The molecule has 0 amide bonds. The summed E-state index contributed by atoms with van der Waals surface area (Å²) in [7, 11) is 1.40. The summed E-state index contributed by atoms with van der Waals surface area (Å²) in [5, 5.41) is 10.8. The Labute approximate surface area is 210 Å².